The first-order chi connectivity index (χ1) is 5.70. The van der Waals surface area contributed by atoms with E-state index in [0.717, 1.165) is 11.5 Å². The SMILES string of the molecule is C=C(Cl)CNC(=O)c1cnns1. The van der Waals surface area contributed by atoms with Gasteiger partial charge in [-0.05, 0) is 11.5 Å². The number of amides is 1. The second-order valence-corrected chi connectivity index (χ2v) is 3.30. The number of rotatable bonds is 3. The molecule has 0 radical (unpaired) electrons. The summed E-state index contributed by atoms with van der Waals surface area (Å²) in [5, 5.41) is 6.46. The molecule has 1 rings (SSSR count). The van der Waals surface area contributed by atoms with Crippen LogP contribution in [-0.4, -0.2) is 22.0 Å². The van der Waals surface area contributed by atoms with Crippen LogP contribution in [0.2, 0.25) is 0 Å². The van der Waals surface area contributed by atoms with Gasteiger partial charge in [0, 0.05) is 5.03 Å². The Morgan fingerprint density at radius 2 is 2.58 bits per heavy atom. The van der Waals surface area contributed by atoms with E-state index in [1.54, 1.807) is 0 Å². The third-order valence-corrected chi connectivity index (χ3v) is 1.82. The molecule has 0 fully saturated rings. The molecule has 0 aliphatic rings. The highest BCUT2D eigenvalue weighted by Crippen LogP contribution is 2.01. The minimum atomic E-state index is -0.230. The Balaban J connectivity index is 2.45. The van der Waals surface area contributed by atoms with Gasteiger partial charge in [0.25, 0.3) is 5.91 Å². The van der Waals surface area contributed by atoms with Crippen LogP contribution in [0, 0.1) is 0 Å². The first-order valence-electron chi connectivity index (χ1n) is 3.09. The molecule has 12 heavy (non-hydrogen) atoms. The Morgan fingerprint density at radius 3 is 3.08 bits per heavy atom. The molecule has 0 unspecified atom stereocenters. The van der Waals surface area contributed by atoms with Crippen LogP contribution >= 0.6 is 23.1 Å². The van der Waals surface area contributed by atoms with E-state index in [1.807, 2.05) is 0 Å². The standard InChI is InChI=1S/C6H6ClN3OS/c1-4(7)2-8-6(11)5-3-9-10-12-5/h3H,1-2H2,(H,8,11). The van der Waals surface area contributed by atoms with E-state index >= 15 is 0 Å². The average Bonchev–Trinajstić information content (AvgIpc) is 2.51. The maximum absolute atomic E-state index is 11.1. The smallest absolute Gasteiger partial charge is 0.264 e. The second-order valence-electron chi connectivity index (χ2n) is 1.98. The second kappa shape index (κ2) is 4.18. The normalized spacial score (nSPS) is 9.42. The molecule has 1 amide bonds. The Kier molecular flexibility index (Phi) is 3.19. The Hall–Kier alpha value is -0.940. The topological polar surface area (TPSA) is 54.9 Å². The first kappa shape index (κ1) is 9.15. The number of hydrogen-bond donors (Lipinski definition) is 1. The Bertz CT molecular complexity index is 285. The van der Waals surface area contributed by atoms with Gasteiger partial charge >= 0.3 is 0 Å². The molecule has 64 valence electrons. The van der Waals surface area contributed by atoms with Crippen molar-refractivity contribution >= 4 is 29.0 Å². The molecule has 1 heterocycles. The van der Waals surface area contributed by atoms with Gasteiger partial charge in [0.2, 0.25) is 0 Å². The van der Waals surface area contributed by atoms with Gasteiger partial charge in [-0.15, -0.1) is 5.10 Å². The van der Waals surface area contributed by atoms with E-state index in [2.05, 4.69) is 21.5 Å². The number of halogens is 1. The number of aromatic nitrogens is 2. The zero-order valence-corrected chi connectivity index (χ0v) is 7.65. The van der Waals surface area contributed by atoms with Crippen molar-refractivity contribution < 1.29 is 4.79 Å². The third kappa shape index (κ3) is 2.60. The lowest BCUT2D eigenvalue weighted by atomic mass is 10.5. The summed E-state index contributed by atoms with van der Waals surface area (Å²) in [5.74, 6) is -0.230. The van der Waals surface area contributed by atoms with Crippen LogP contribution in [0.4, 0.5) is 0 Å². The monoisotopic (exact) mass is 203 g/mol. The number of carbonyl (C=O) groups is 1. The van der Waals surface area contributed by atoms with Crippen molar-refractivity contribution in [1.82, 2.24) is 14.9 Å². The maximum Gasteiger partial charge on any atom is 0.264 e. The summed E-state index contributed by atoms with van der Waals surface area (Å²) in [6, 6.07) is 0. The van der Waals surface area contributed by atoms with Gasteiger partial charge in [0.1, 0.15) is 4.88 Å². The zero-order chi connectivity index (χ0) is 8.97. The molecule has 6 heteroatoms. The summed E-state index contributed by atoms with van der Waals surface area (Å²) in [6.45, 7) is 3.69. The summed E-state index contributed by atoms with van der Waals surface area (Å²) in [5.41, 5.74) is 0. The third-order valence-electron chi connectivity index (χ3n) is 1.03. The van der Waals surface area contributed by atoms with E-state index in [9.17, 15) is 4.79 Å². The van der Waals surface area contributed by atoms with Crippen LogP contribution in [-0.2, 0) is 0 Å². The summed E-state index contributed by atoms with van der Waals surface area (Å²) in [6.07, 6.45) is 1.40. The zero-order valence-electron chi connectivity index (χ0n) is 6.08. The van der Waals surface area contributed by atoms with Crippen molar-refractivity contribution in [3.63, 3.8) is 0 Å². The molecule has 0 saturated heterocycles. The van der Waals surface area contributed by atoms with Crippen molar-refractivity contribution in [3.8, 4) is 0 Å². The average molecular weight is 204 g/mol. The molecule has 0 aliphatic heterocycles. The number of carbonyl (C=O) groups excluding carboxylic acids is 1. The first-order valence-corrected chi connectivity index (χ1v) is 4.24. The molecule has 1 aromatic heterocycles. The molecule has 4 nitrogen and oxygen atoms in total. The molecule has 0 aliphatic carbocycles. The van der Waals surface area contributed by atoms with E-state index in [1.165, 1.54) is 6.20 Å². The molecule has 0 atom stereocenters. The van der Waals surface area contributed by atoms with Gasteiger partial charge in [-0.3, -0.25) is 4.79 Å². The van der Waals surface area contributed by atoms with Gasteiger partial charge in [-0.2, -0.15) is 0 Å². The molecule has 0 bridgehead atoms. The van der Waals surface area contributed by atoms with Crippen LogP contribution in [0.3, 0.4) is 0 Å². The van der Waals surface area contributed by atoms with Crippen LogP contribution < -0.4 is 5.32 Å². The van der Waals surface area contributed by atoms with E-state index < -0.39 is 0 Å². The van der Waals surface area contributed by atoms with Crippen LogP contribution in [0.1, 0.15) is 9.67 Å². The summed E-state index contributed by atoms with van der Waals surface area (Å²) in [4.78, 5) is 11.6. The van der Waals surface area contributed by atoms with Crippen LogP contribution in [0.5, 0.6) is 0 Å². The van der Waals surface area contributed by atoms with Gasteiger partial charge in [-0.25, -0.2) is 0 Å². The number of hydrogen-bond acceptors (Lipinski definition) is 4. The van der Waals surface area contributed by atoms with Gasteiger partial charge in [0.05, 0.1) is 12.7 Å². The van der Waals surface area contributed by atoms with Crippen molar-refractivity contribution in [1.29, 1.82) is 0 Å². The fourth-order valence-corrected chi connectivity index (χ4v) is 1.03. The highest BCUT2D eigenvalue weighted by atomic mass is 35.5. The molecule has 0 saturated carbocycles. The lowest BCUT2D eigenvalue weighted by Crippen LogP contribution is -2.23. The van der Waals surface area contributed by atoms with Crippen molar-refractivity contribution in [2.45, 2.75) is 0 Å². The number of nitrogens with zero attached hydrogens (tertiary/aromatic N) is 2. The highest BCUT2D eigenvalue weighted by Gasteiger charge is 2.06. The lowest BCUT2D eigenvalue weighted by molar-refractivity contribution is 0.0961. The lowest BCUT2D eigenvalue weighted by Gasteiger charge is -1.98. The van der Waals surface area contributed by atoms with Gasteiger partial charge in [-0.1, -0.05) is 22.7 Å². The molecular formula is C6H6ClN3OS. The molecule has 0 aromatic carbocycles. The van der Waals surface area contributed by atoms with Gasteiger partial charge in [0.15, 0.2) is 0 Å². The van der Waals surface area contributed by atoms with E-state index in [-0.39, 0.29) is 12.5 Å². The van der Waals surface area contributed by atoms with Gasteiger partial charge < -0.3 is 5.32 Å². The summed E-state index contributed by atoms with van der Waals surface area (Å²) < 4.78 is 3.55. The number of nitrogens with one attached hydrogen (secondary N) is 1. The minimum absolute atomic E-state index is 0.230. The quantitative estimate of drug-likeness (QED) is 0.798. The van der Waals surface area contributed by atoms with Crippen molar-refractivity contribution in [3.05, 3.63) is 22.7 Å². The van der Waals surface area contributed by atoms with E-state index in [4.69, 9.17) is 11.6 Å². The molecule has 1 aromatic rings. The molecule has 0 spiro atoms. The molecule has 1 N–H and O–H groups in total. The molecular weight excluding hydrogens is 198 g/mol. The Labute approximate surface area is 78.4 Å². The Morgan fingerprint density at radius 1 is 1.83 bits per heavy atom. The largest absolute Gasteiger partial charge is 0.346 e. The fourth-order valence-electron chi connectivity index (χ4n) is 0.531. The summed E-state index contributed by atoms with van der Waals surface area (Å²) in [7, 11) is 0. The van der Waals surface area contributed by atoms with Crippen molar-refractivity contribution in [2.75, 3.05) is 6.54 Å². The predicted molar refractivity (Wildman–Crippen MR) is 47.2 cm³/mol. The highest BCUT2D eigenvalue weighted by molar-refractivity contribution is 7.07. The predicted octanol–water partition coefficient (Wildman–Crippen LogP) is 1.02. The van der Waals surface area contributed by atoms with Crippen LogP contribution in [0.15, 0.2) is 17.8 Å². The minimum Gasteiger partial charge on any atom is -0.346 e. The van der Waals surface area contributed by atoms with E-state index in [0.29, 0.717) is 9.91 Å². The van der Waals surface area contributed by atoms with Crippen LogP contribution in [0.25, 0.3) is 0 Å². The summed E-state index contributed by atoms with van der Waals surface area (Å²) >= 11 is 6.48. The van der Waals surface area contributed by atoms with Crippen molar-refractivity contribution in [2.24, 2.45) is 0 Å². The fraction of sp³-hybridized carbons (Fsp3) is 0.167. The maximum atomic E-state index is 11.1.